The van der Waals surface area contributed by atoms with E-state index in [0.717, 1.165) is 17.5 Å². The standard InChI is InChI=1S/C12H13NO/c1-9-7-10-5-3-4-6-11(10)13(2)12(9)8-14/h3-8,12H,1-2H3. The van der Waals surface area contributed by atoms with Crippen LogP contribution in [0.1, 0.15) is 12.5 Å². The van der Waals surface area contributed by atoms with E-state index < -0.39 is 0 Å². The molecule has 1 aromatic rings. The molecule has 0 spiro atoms. The molecule has 72 valence electrons. The lowest BCUT2D eigenvalue weighted by Gasteiger charge is -2.31. The predicted molar refractivity (Wildman–Crippen MR) is 58.3 cm³/mol. The van der Waals surface area contributed by atoms with E-state index in [2.05, 4.69) is 12.1 Å². The van der Waals surface area contributed by atoms with Crippen LogP contribution in [0.5, 0.6) is 0 Å². The van der Waals surface area contributed by atoms with Crippen molar-refractivity contribution in [3.8, 4) is 0 Å². The van der Waals surface area contributed by atoms with Crippen molar-refractivity contribution in [2.75, 3.05) is 11.9 Å². The van der Waals surface area contributed by atoms with Crippen molar-refractivity contribution in [3.63, 3.8) is 0 Å². The second-order valence-corrected chi connectivity index (χ2v) is 3.64. The number of aldehydes is 1. The number of fused-ring (bicyclic) bond motifs is 1. The topological polar surface area (TPSA) is 20.3 Å². The Labute approximate surface area is 83.8 Å². The molecule has 1 aromatic carbocycles. The summed E-state index contributed by atoms with van der Waals surface area (Å²) in [6, 6.07) is 8.00. The zero-order valence-corrected chi connectivity index (χ0v) is 8.40. The third-order valence-corrected chi connectivity index (χ3v) is 2.71. The van der Waals surface area contributed by atoms with Gasteiger partial charge in [0.25, 0.3) is 0 Å². The minimum Gasteiger partial charge on any atom is -0.361 e. The highest BCUT2D eigenvalue weighted by atomic mass is 16.1. The first-order valence-corrected chi connectivity index (χ1v) is 4.69. The Bertz CT molecular complexity index is 395. The first kappa shape index (κ1) is 9.00. The minimum absolute atomic E-state index is 0.107. The number of carbonyl (C=O) groups excluding carboxylic acids is 1. The van der Waals surface area contributed by atoms with Gasteiger partial charge in [0.1, 0.15) is 12.3 Å². The van der Waals surface area contributed by atoms with E-state index in [9.17, 15) is 4.79 Å². The molecule has 2 nitrogen and oxygen atoms in total. The molecule has 14 heavy (non-hydrogen) atoms. The van der Waals surface area contributed by atoms with E-state index in [1.165, 1.54) is 5.56 Å². The van der Waals surface area contributed by atoms with Crippen molar-refractivity contribution in [2.24, 2.45) is 0 Å². The van der Waals surface area contributed by atoms with Gasteiger partial charge in [-0.25, -0.2) is 0 Å². The predicted octanol–water partition coefficient (Wildman–Crippen LogP) is 2.11. The molecule has 1 aliphatic rings. The highest BCUT2D eigenvalue weighted by Gasteiger charge is 2.21. The maximum atomic E-state index is 10.9. The van der Waals surface area contributed by atoms with Crippen molar-refractivity contribution in [3.05, 3.63) is 35.4 Å². The average molecular weight is 187 g/mol. The van der Waals surface area contributed by atoms with Crippen LogP contribution in [0.15, 0.2) is 29.8 Å². The number of para-hydroxylation sites is 1. The fourth-order valence-corrected chi connectivity index (χ4v) is 1.92. The van der Waals surface area contributed by atoms with Crippen LogP contribution in [-0.2, 0) is 4.79 Å². The fourth-order valence-electron chi connectivity index (χ4n) is 1.92. The largest absolute Gasteiger partial charge is 0.361 e. The molecule has 2 heteroatoms. The molecule has 0 N–H and O–H groups in total. The van der Waals surface area contributed by atoms with E-state index >= 15 is 0 Å². The Morgan fingerprint density at radius 2 is 2.07 bits per heavy atom. The van der Waals surface area contributed by atoms with Gasteiger partial charge in [0.15, 0.2) is 0 Å². The Balaban J connectivity index is 2.55. The van der Waals surface area contributed by atoms with Gasteiger partial charge >= 0.3 is 0 Å². The minimum atomic E-state index is -0.107. The third kappa shape index (κ3) is 1.23. The van der Waals surface area contributed by atoms with Crippen LogP contribution in [0.3, 0.4) is 0 Å². The molecule has 0 aliphatic carbocycles. The summed E-state index contributed by atoms with van der Waals surface area (Å²) in [7, 11) is 1.95. The monoisotopic (exact) mass is 187 g/mol. The lowest BCUT2D eigenvalue weighted by molar-refractivity contribution is -0.108. The summed E-state index contributed by atoms with van der Waals surface area (Å²) in [6.07, 6.45) is 3.07. The van der Waals surface area contributed by atoms with Crippen molar-refractivity contribution in [1.82, 2.24) is 0 Å². The molecule has 0 fully saturated rings. The number of rotatable bonds is 1. The number of carbonyl (C=O) groups is 1. The summed E-state index contributed by atoms with van der Waals surface area (Å²) in [4.78, 5) is 12.9. The second-order valence-electron chi connectivity index (χ2n) is 3.64. The summed E-state index contributed by atoms with van der Waals surface area (Å²) in [5.74, 6) is 0. The zero-order valence-electron chi connectivity index (χ0n) is 8.40. The SMILES string of the molecule is CC1=Cc2ccccc2N(C)C1C=O. The highest BCUT2D eigenvalue weighted by molar-refractivity contribution is 5.82. The summed E-state index contributed by atoms with van der Waals surface area (Å²) < 4.78 is 0. The summed E-state index contributed by atoms with van der Waals surface area (Å²) in [5.41, 5.74) is 3.40. The van der Waals surface area contributed by atoms with Crippen LogP contribution in [-0.4, -0.2) is 19.4 Å². The summed E-state index contributed by atoms with van der Waals surface area (Å²) in [6.45, 7) is 1.99. The molecular weight excluding hydrogens is 174 g/mol. The highest BCUT2D eigenvalue weighted by Crippen LogP contribution is 2.30. The molecule has 0 amide bonds. The molecule has 0 aromatic heterocycles. The van der Waals surface area contributed by atoms with Gasteiger partial charge in [-0.1, -0.05) is 24.3 Å². The molecule has 0 saturated carbocycles. The number of anilines is 1. The zero-order chi connectivity index (χ0) is 10.1. The van der Waals surface area contributed by atoms with Gasteiger partial charge in [-0.2, -0.15) is 0 Å². The Morgan fingerprint density at radius 1 is 1.36 bits per heavy atom. The molecule has 1 unspecified atom stereocenters. The van der Waals surface area contributed by atoms with E-state index in [0.29, 0.717) is 0 Å². The van der Waals surface area contributed by atoms with E-state index in [1.54, 1.807) is 0 Å². The first-order valence-electron chi connectivity index (χ1n) is 4.69. The third-order valence-electron chi connectivity index (χ3n) is 2.71. The van der Waals surface area contributed by atoms with Crippen molar-refractivity contribution in [2.45, 2.75) is 13.0 Å². The normalized spacial score (nSPS) is 20.0. The quantitative estimate of drug-likeness (QED) is 0.627. The van der Waals surface area contributed by atoms with Gasteiger partial charge in [0.2, 0.25) is 0 Å². The van der Waals surface area contributed by atoms with Crippen LogP contribution in [0.25, 0.3) is 6.08 Å². The van der Waals surface area contributed by atoms with Crippen LogP contribution in [0.4, 0.5) is 5.69 Å². The van der Waals surface area contributed by atoms with Crippen LogP contribution >= 0.6 is 0 Å². The number of hydrogen-bond acceptors (Lipinski definition) is 2. The number of hydrogen-bond donors (Lipinski definition) is 0. The Morgan fingerprint density at radius 3 is 2.79 bits per heavy atom. The number of likely N-dealkylation sites (N-methyl/N-ethyl adjacent to an activating group) is 1. The Kier molecular flexibility index (Phi) is 2.12. The molecule has 0 saturated heterocycles. The van der Waals surface area contributed by atoms with Crippen molar-refractivity contribution < 1.29 is 4.79 Å². The lowest BCUT2D eigenvalue weighted by atomic mass is 9.98. The van der Waals surface area contributed by atoms with E-state index in [-0.39, 0.29) is 6.04 Å². The van der Waals surface area contributed by atoms with E-state index in [1.807, 2.05) is 37.1 Å². The van der Waals surface area contributed by atoms with Crippen LogP contribution in [0, 0.1) is 0 Å². The molecule has 1 heterocycles. The number of nitrogens with zero attached hydrogens (tertiary/aromatic N) is 1. The van der Waals surface area contributed by atoms with Crippen LogP contribution in [0.2, 0.25) is 0 Å². The molecule has 1 aliphatic heterocycles. The Hall–Kier alpha value is -1.57. The second kappa shape index (κ2) is 3.29. The van der Waals surface area contributed by atoms with Gasteiger partial charge in [-0.05, 0) is 24.1 Å². The molecule has 2 rings (SSSR count). The fraction of sp³-hybridized carbons (Fsp3) is 0.250. The molecular formula is C12H13NO. The van der Waals surface area contributed by atoms with E-state index in [4.69, 9.17) is 0 Å². The summed E-state index contributed by atoms with van der Waals surface area (Å²) in [5, 5.41) is 0. The average Bonchev–Trinajstić information content (AvgIpc) is 2.18. The number of benzene rings is 1. The lowest BCUT2D eigenvalue weighted by Crippen LogP contribution is -2.36. The molecule has 1 atom stereocenters. The van der Waals surface area contributed by atoms with Gasteiger partial charge in [-0.15, -0.1) is 0 Å². The van der Waals surface area contributed by atoms with Crippen molar-refractivity contribution in [1.29, 1.82) is 0 Å². The van der Waals surface area contributed by atoms with Crippen LogP contribution < -0.4 is 4.90 Å². The smallest absolute Gasteiger partial charge is 0.146 e. The maximum Gasteiger partial charge on any atom is 0.146 e. The molecule has 0 bridgehead atoms. The maximum absolute atomic E-state index is 10.9. The van der Waals surface area contributed by atoms with Gasteiger partial charge < -0.3 is 9.69 Å². The first-order chi connectivity index (χ1) is 6.74. The van der Waals surface area contributed by atoms with Gasteiger partial charge in [0, 0.05) is 12.7 Å². The van der Waals surface area contributed by atoms with Crippen molar-refractivity contribution >= 4 is 18.0 Å². The molecule has 0 radical (unpaired) electrons. The van der Waals surface area contributed by atoms with Gasteiger partial charge in [-0.3, -0.25) is 0 Å². The van der Waals surface area contributed by atoms with Gasteiger partial charge in [0.05, 0.1) is 0 Å². The summed E-state index contributed by atoms with van der Waals surface area (Å²) >= 11 is 0.